The number of carbonyl (C=O) groups is 1. The van der Waals surface area contributed by atoms with Crippen molar-refractivity contribution in [1.82, 2.24) is 20.4 Å². The average Bonchev–Trinajstić information content (AvgIpc) is 3.28. The fraction of sp³-hybridized carbons (Fsp3) is 0.389. The Bertz CT molecular complexity index is 840. The second-order valence-corrected chi connectivity index (χ2v) is 6.63. The van der Waals surface area contributed by atoms with Crippen molar-refractivity contribution in [2.75, 3.05) is 19.6 Å². The van der Waals surface area contributed by atoms with Crippen LogP contribution in [0.5, 0.6) is 0 Å². The van der Waals surface area contributed by atoms with Gasteiger partial charge in [0.25, 0.3) is 11.6 Å². The maximum absolute atomic E-state index is 12.6. The van der Waals surface area contributed by atoms with E-state index < -0.39 is 0 Å². The van der Waals surface area contributed by atoms with E-state index in [-0.39, 0.29) is 11.9 Å². The molecule has 0 aliphatic heterocycles. The Balaban J connectivity index is 1.75. The van der Waals surface area contributed by atoms with Crippen LogP contribution in [0.4, 0.5) is 0 Å². The third kappa shape index (κ3) is 3.72. The lowest BCUT2D eigenvalue weighted by Gasteiger charge is -2.29. The van der Waals surface area contributed by atoms with Gasteiger partial charge in [-0.15, -0.1) is 0 Å². The van der Waals surface area contributed by atoms with Crippen LogP contribution in [0, 0.1) is 6.92 Å². The minimum atomic E-state index is -0.137. The molecule has 3 rings (SSSR count). The summed E-state index contributed by atoms with van der Waals surface area (Å²) in [5.74, 6) is -0.137. The number of nitrogens with one attached hydrogen (secondary N) is 1. The number of amides is 1. The van der Waals surface area contributed by atoms with Crippen LogP contribution in [0.1, 0.15) is 41.5 Å². The van der Waals surface area contributed by atoms with Crippen LogP contribution in [0.2, 0.25) is 0 Å². The maximum atomic E-state index is 12.6. The fourth-order valence-corrected chi connectivity index (χ4v) is 3.65. The number of likely N-dealkylation sites (N-methyl/N-ethyl adjacent to an activating group) is 1. The molecule has 3 heterocycles. The number of hydrogen-bond donors (Lipinski definition) is 1. The Labute approximate surface area is 150 Å². The Morgan fingerprint density at radius 3 is 2.88 bits per heavy atom. The van der Waals surface area contributed by atoms with Crippen LogP contribution in [-0.4, -0.2) is 40.6 Å². The molecule has 3 aromatic heterocycles. The van der Waals surface area contributed by atoms with Gasteiger partial charge in [-0.3, -0.25) is 9.69 Å². The second-order valence-electron chi connectivity index (χ2n) is 5.85. The van der Waals surface area contributed by atoms with E-state index in [0.29, 0.717) is 17.8 Å². The molecule has 7 heteroatoms. The summed E-state index contributed by atoms with van der Waals surface area (Å²) in [4.78, 5) is 19.1. The molecule has 25 heavy (non-hydrogen) atoms. The van der Waals surface area contributed by atoms with Crippen molar-refractivity contribution in [3.8, 4) is 0 Å². The second kappa shape index (κ2) is 7.76. The highest BCUT2D eigenvalue weighted by atomic mass is 32.1. The average molecular weight is 358 g/mol. The summed E-state index contributed by atoms with van der Waals surface area (Å²) in [6.07, 6.45) is 1.53. The smallest absolute Gasteiger partial charge is 0.257 e. The van der Waals surface area contributed by atoms with E-state index >= 15 is 0 Å². The minimum Gasteiger partial charge on any atom is -0.350 e. The van der Waals surface area contributed by atoms with Crippen molar-refractivity contribution >= 4 is 28.3 Å². The summed E-state index contributed by atoms with van der Waals surface area (Å²) in [5.41, 5.74) is 2.93. The first-order valence-corrected chi connectivity index (χ1v) is 9.34. The van der Waals surface area contributed by atoms with Gasteiger partial charge in [0, 0.05) is 12.7 Å². The lowest BCUT2D eigenvalue weighted by molar-refractivity contribution is 0.0935. The molecule has 1 atom stereocenters. The van der Waals surface area contributed by atoms with E-state index in [0.717, 1.165) is 24.2 Å². The zero-order chi connectivity index (χ0) is 17.8. The monoisotopic (exact) mass is 358 g/mol. The standard InChI is InChI=1S/C18H22N4O2S/c1-4-22(5-2)16(13-6-7-25-11-13)10-19-17(23)14-8-15-12(3)21-24-18(15)20-9-14/h6-9,11,16H,4-5,10H2,1-3H3,(H,19,23). The molecule has 0 saturated carbocycles. The molecule has 0 aliphatic carbocycles. The van der Waals surface area contributed by atoms with Crippen LogP contribution in [0.25, 0.3) is 11.1 Å². The van der Waals surface area contributed by atoms with Crippen LogP contribution in [-0.2, 0) is 0 Å². The molecule has 0 spiro atoms. The number of thiophene rings is 1. The number of aromatic nitrogens is 2. The fourth-order valence-electron chi connectivity index (χ4n) is 2.95. The SMILES string of the molecule is CCN(CC)C(CNC(=O)c1cnc2onc(C)c2c1)c1ccsc1. The number of rotatable bonds is 7. The van der Waals surface area contributed by atoms with Crippen molar-refractivity contribution in [2.45, 2.75) is 26.8 Å². The first-order valence-electron chi connectivity index (χ1n) is 8.40. The zero-order valence-electron chi connectivity index (χ0n) is 14.7. The first kappa shape index (κ1) is 17.6. The summed E-state index contributed by atoms with van der Waals surface area (Å²) in [5, 5.41) is 11.9. The molecule has 0 aromatic carbocycles. The highest BCUT2D eigenvalue weighted by Crippen LogP contribution is 2.22. The zero-order valence-corrected chi connectivity index (χ0v) is 15.5. The van der Waals surface area contributed by atoms with Crippen molar-refractivity contribution in [2.24, 2.45) is 0 Å². The predicted molar refractivity (Wildman–Crippen MR) is 98.9 cm³/mol. The topological polar surface area (TPSA) is 71.3 Å². The molecule has 0 aliphatic rings. The van der Waals surface area contributed by atoms with Gasteiger partial charge < -0.3 is 9.84 Å². The molecule has 1 amide bonds. The molecule has 6 nitrogen and oxygen atoms in total. The largest absolute Gasteiger partial charge is 0.350 e. The quantitative estimate of drug-likeness (QED) is 0.701. The van der Waals surface area contributed by atoms with Gasteiger partial charge >= 0.3 is 0 Å². The van der Waals surface area contributed by atoms with Gasteiger partial charge in [0.05, 0.1) is 22.7 Å². The van der Waals surface area contributed by atoms with Gasteiger partial charge in [-0.2, -0.15) is 11.3 Å². The number of hydrogen-bond acceptors (Lipinski definition) is 6. The molecule has 0 bridgehead atoms. The summed E-state index contributed by atoms with van der Waals surface area (Å²) in [7, 11) is 0. The van der Waals surface area contributed by atoms with Gasteiger partial charge in [0.2, 0.25) is 0 Å². The van der Waals surface area contributed by atoms with E-state index in [4.69, 9.17) is 4.52 Å². The predicted octanol–water partition coefficient (Wildman–Crippen LogP) is 3.41. The van der Waals surface area contributed by atoms with Crippen LogP contribution in [0.15, 0.2) is 33.6 Å². The van der Waals surface area contributed by atoms with Gasteiger partial charge in [0.1, 0.15) is 0 Å². The highest BCUT2D eigenvalue weighted by Gasteiger charge is 2.20. The third-order valence-electron chi connectivity index (χ3n) is 4.41. The Morgan fingerprint density at radius 2 is 2.20 bits per heavy atom. The molecule has 0 fully saturated rings. The lowest BCUT2D eigenvalue weighted by atomic mass is 10.1. The summed E-state index contributed by atoms with van der Waals surface area (Å²) in [6.45, 7) is 8.52. The highest BCUT2D eigenvalue weighted by molar-refractivity contribution is 7.07. The normalized spacial score (nSPS) is 12.6. The van der Waals surface area contributed by atoms with E-state index in [1.807, 2.05) is 6.92 Å². The Morgan fingerprint density at radius 1 is 1.40 bits per heavy atom. The van der Waals surface area contributed by atoms with Crippen molar-refractivity contribution in [3.05, 3.63) is 45.9 Å². The lowest BCUT2D eigenvalue weighted by Crippen LogP contribution is -2.37. The number of fused-ring (bicyclic) bond motifs is 1. The number of carbonyl (C=O) groups excluding carboxylic acids is 1. The van der Waals surface area contributed by atoms with Gasteiger partial charge in [-0.05, 0) is 48.5 Å². The maximum Gasteiger partial charge on any atom is 0.257 e. The van der Waals surface area contributed by atoms with Crippen molar-refractivity contribution in [3.63, 3.8) is 0 Å². The van der Waals surface area contributed by atoms with Crippen molar-refractivity contribution in [1.29, 1.82) is 0 Å². The molecule has 3 aromatic rings. The first-order chi connectivity index (χ1) is 12.1. The summed E-state index contributed by atoms with van der Waals surface area (Å²) < 4.78 is 5.09. The Kier molecular flexibility index (Phi) is 5.45. The van der Waals surface area contributed by atoms with E-state index in [2.05, 4.69) is 51.0 Å². The van der Waals surface area contributed by atoms with Gasteiger partial charge in [-0.25, -0.2) is 4.98 Å². The van der Waals surface area contributed by atoms with Crippen LogP contribution in [0.3, 0.4) is 0 Å². The summed E-state index contributed by atoms with van der Waals surface area (Å²) >= 11 is 1.67. The van der Waals surface area contributed by atoms with E-state index in [1.165, 1.54) is 11.8 Å². The summed E-state index contributed by atoms with van der Waals surface area (Å²) in [6, 6.07) is 4.06. The molecule has 0 saturated heterocycles. The van der Waals surface area contributed by atoms with Gasteiger partial charge in [-0.1, -0.05) is 19.0 Å². The van der Waals surface area contributed by atoms with Crippen LogP contribution < -0.4 is 5.32 Å². The molecule has 132 valence electrons. The molecular weight excluding hydrogens is 336 g/mol. The molecule has 0 radical (unpaired) electrons. The van der Waals surface area contributed by atoms with E-state index in [1.54, 1.807) is 17.4 Å². The number of nitrogens with zero attached hydrogens (tertiary/aromatic N) is 3. The molecule has 1 N–H and O–H groups in total. The molecular formula is C18H22N4O2S. The molecule has 1 unspecified atom stereocenters. The van der Waals surface area contributed by atoms with Crippen LogP contribution >= 0.6 is 11.3 Å². The third-order valence-corrected chi connectivity index (χ3v) is 5.11. The van der Waals surface area contributed by atoms with Crippen molar-refractivity contribution < 1.29 is 9.32 Å². The Hall–Kier alpha value is -2.25. The van der Waals surface area contributed by atoms with E-state index in [9.17, 15) is 4.79 Å². The van der Waals surface area contributed by atoms with Gasteiger partial charge in [0.15, 0.2) is 0 Å². The number of aryl methyl sites for hydroxylation is 1. The minimum absolute atomic E-state index is 0.137. The number of pyridine rings is 1.